The van der Waals surface area contributed by atoms with Crippen molar-refractivity contribution in [2.24, 2.45) is 5.92 Å². The number of nitrogens with zero attached hydrogens (tertiary/aromatic N) is 3. The second-order valence-electron chi connectivity index (χ2n) is 5.63. The summed E-state index contributed by atoms with van der Waals surface area (Å²) in [7, 11) is 0. The van der Waals surface area contributed by atoms with Crippen molar-refractivity contribution in [2.75, 3.05) is 23.4 Å². The van der Waals surface area contributed by atoms with Crippen molar-refractivity contribution >= 4 is 45.6 Å². The van der Waals surface area contributed by atoms with E-state index in [4.69, 9.17) is 16.3 Å². The highest BCUT2D eigenvalue weighted by molar-refractivity contribution is 7.15. The van der Waals surface area contributed by atoms with Gasteiger partial charge in [-0.1, -0.05) is 22.9 Å². The molecule has 0 saturated carbocycles. The van der Waals surface area contributed by atoms with Gasteiger partial charge in [0.15, 0.2) is 0 Å². The van der Waals surface area contributed by atoms with Crippen LogP contribution in [0.25, 0.3) is 0 Å². The van der Waals surface area contributed by atoms with Crippen molar-refractivity contribution in [3.63, 3.8) is 0 Å². The molecule has 0 bridgehead atoms. The van der Waals surface area contributed by atoms with Gasteiger partial charge in [-0.05, 0) is 25.1 Å². The molecule has 2 amide bonds. The smallest absolute Gasteiger partial charge is 0.231 e. The van der Waals surface area contributed by atoms with Crippen LogP contribution in [0.5, 0.6) is 0 Å². The Kier molecular flexibility index (Phi) is 5.80. The van der Waals surface area contributed by atoms with Gasteiger partial charge in [0.05, 0.1) is 10.9 Å². The molecule has 1 fully saturated rings. The van der Waals surface area contributed by atoms with Crippen LogP contribution in [0.2, 0.25) is 5.02 Å². The molecule has 2 aromatic rings. The van der Waals surface area contributed by atoms with E-state index in [0.29, 0.717) is 29.0 Å². The monoisotopic (exact) mass is 398 g/mol. The lowest BCUT2D eigenvalue weighted by molar-refractivity contribution is -0.122. The third-order valence-corrected chi connectivity index (χ3v) is 4.94. The van der Waals surface area contributed by atoms with E-state index < -0.39 is 11.7 Å². The molecule has 1 aromatic heterocycles. The number of aromatic nitrogens is 2. The van der Waals surface area contributed by atoms with Crippen LogP contribution in [0.15, 0.2) is 18.2 Å². The number of benzene rings is 1. The quantitative estimate of drug-likeness (QED) is 0.808. The van der Waals surface area contributed by atoms with Gasteiger partial charge in [-0.3, -0.25) is 9.59 Å². The summed E-state index contributed by atoms with van der Waals surface area (Å²) in [5.74, 6) is -1.63. The molecule has 1 N–H and O–H groups in total. The standard InChI is InChI=1S/C16H16ClFN4O3S/c1-2-25-8-13-20-21-16(26-13)19-15(24)9-5-14(23)22(7-9)10-3-4-12(18)11(17)6-10/h3-4,6,9H,2,5,7-8H2,1H3,(H,19,21,24). The van der Waals surface area contributed by atoms with Crippen molar-refractivity contribution in [3.8, 4) is 0 Å². The summed E-state index contributed by atoms with van der Waals surface area (Å²) in [4.78, 5) is 26.1. The van der Waals surface area contributed by atoms with Gasteiger partial charge >= 0.3 is 0 Å². The molecule has 10 heteroatoms. The minimum absolute atomic E-state index is 0.0609. The number of ether oxygens (including phenoxy) is 1. The Morgan fingerprint density at radius 1 is 1.50 bits per heavy atom. The van der Waals surface area contributed by atoms with Gasteiger partial charge in [-0.15, -0.1) is 10.2 Å². The number of carbonyl (C=O) groups is 2. The van der Waals surface area contributed by atoms with Crippen molar-refractivity contribution < 1.29 is 18.7 Å². The predicted octanol–water partition coefficient (Wildman–Crippen LogP) is 2.86. The average molecular weight is 399 g/mol. The zero-order valence-electron chi connectivity index (χ0n) is 13.9. The molecule has 3 rings (SSSR count). The highest BCUT2D eigenvalue weighted by Gasteiger charge is 2.35. The summed E-state index contributed by atoms with van der Waals surface area (Å²) in [6, 6.07) is 4.03. The van der Waals surface area contributed by atoms with E-state index >= 15 is 0 Å². The Morgan fingerprint density at radius 3 is 3.04 bits per heavy atom. The van der Waals surface area contributed by atoms with Crippen LogP contribution in [0, 0.1) is 11.7 Å². The highest BCUT2D eigenvalue weighted by atomic mass is 35.5. The largest absolute Gasteiger partial charge is 0.374 e. The number of carbonyl (C=O) groups excluding carboxylic acids is 2. The SMILES string of the molecule is CCOCc1nnc(NC(=O)C2CC(=O)N(c3ccc(F)c(Cl)c3)C2)s1. The Bertz CT molecular complexity index is 832. The van der Waals surface area contributed by atoms with Gasteiger partial charge in [0.2, 0.25) is 16.9 Å². The van der Waals surface area contributed by atoms with Crippen molar-refractivity contribution in [1.29, 1.82) is 0 Å². The average Bonchev–Trinajstić information content (AvgIpc) is 3.22. The van der Waals surface area contributed by atoms with E-state index in [-0.39, 0.29) is 29.8 Å². The third-order valence-electron chi connectivity index (χ3n) is 3.84. The van der Waals surface area contributed by atoms with Gasteiger partial charge in [0.1, 0.15) is 17.4 Å². The van der Waals surface area contributed by atoms with Crippen molar-refractivity contribution in [3.05, 3.63) is 34.0 Å². The topological polar surface area (TPSA) is 84.4 Å². The molecule has 1 aromatic carbocycles. The van der Waals surface area contributed by atoms with E-state index in [1.807, 2.05) is 6.92 Å². The Hall–Kier alpha value is -2.10. The fraction of sp³-hybridized carbons (Fsp3) is 0.375. The minimum atomic E-state index is -0.560. The van der Waals surface area contributed by atoms with E-state index in [1.165, 1.54) is 34.4 Å². The van der Waals surface area contributed by atoms with Gasteiger partial charge < -0.3 is 15.0 Å². The fourth-order valence-corrected chi connectivity index (χ4v) is 3.40. The van der Waals surface area contributed by atoms with Crippen LogP contribution in [0.4, 0.5) is 15.2 Å². The lowest BCUT2D eigenvalue weighted by Crippen LogP contribution is -2.28. The first-order valence-electron chi connectivity index (χ1n) is 7.94. The summed E-state index contributed by atoms with van der Waals surface area (Å²) in [6.45, 7) is 2.97. The highest BCUT2D eigenvalue weighted by Crippen LogP contribution is 2.29. The maximum Gasteiger partial charge on any atom is 0.231 e. The lowest BCUT2D eigenvalue weighted by Gasteiger charge is -2.17. The molecule has 7 nitrogen and oxygen atoms in total. The second-order valence-corrected chi connectivity index (χ2v) is 7.10. The number of anilines is 2. The summed E-state index contributed by atoms with van der Waals surface area (Å²) in [6.07, 6.45) is 0.0609. The fourth-order valence-electron chi connectivity index (χ4n) is 2.54. The molecular weight excluding hydrogens is 383 g/mol. The summed E-state index contributed by atoms with van der Waals surface area (Å²) in [5, 5.41) is 11.5. The molecule has 26 heavy (non-hydrogen) atoms. The van der Waals surface area contributed by atoms with E-state index in [9.17, 15) is 14.0 Å². The summed E-state index contributed by atoms with van der Waals surface area (Å²) >= 11 is 6.99. The van der Waals surface area contributed by atoms with Crippen LogP contribution in [0.1, 0.15) is 18.4 Å². The lowest BCUT2D eigenvalue weighted by atomic mass is 10.1. The van der Waals surface area contributed by atoms with Gasteiger partial charge in [-0.2, -0.15) is 0 Å². The second kappa shape index (κ2) is 8.07. The normalized spacial score (nSPS) is 17.0. The number of hydrogen-bond acceptors (Lipinski definition) is 6. The number of rotatable bonds is 6. The van der Waals surface area contributed by atoms with E-state index in [2.05, 4.69) is 15.5 Å². The van der Waals surface area contributed by atoms with Crippen LogP contribution >= 0.6 is 22.9 Å². The van der Waals surface area contributed by atoms with Crippen molar-refractivity contribution in [2.45, 2.75) is 20.0 Å². The molecule has 1 aliphatic rings. The summed E-state index contributed by atoms with van der Waals surface area (Å²) in [5.41, 5.74) is 0.464. The van der Waals surface area contributed by atoms with Gasteiger partial charge in [0.25, 0.3) is 0 Å². The number of halogens is 2. The minimum Gasteiger partial charge on any atom is -0.374 e. The molecule has 138 valence electrons. The predicted molar refractivity (Wildman–Crippen MR) is 95.7 cm³/mol. The maximum atomic E-state index is 13.3. The molecular formula is C16H16ClFN4O3S. The van der Waals surface area contributed by atoms with Crippen LogP contribution in [-0.2, 0) is 20.9 Å². The molecule has 0 radical (unpaired) electrons. The van der Waals surface area contributed by atoms with Crippen LogP contribution in [-0.4, -0.2) is 35.2 Å². The maximum absolute atomic E-state index is 13.3. The molecule has 1 unspecified atom stereocenters. The summed E-state index contributed by atoms with van der Waals surface area (Å²) < 4.78 is 18.5. The molecule has 1 saturated heterocycles. The number of amides is 2. The first-order valence-corrected chi connectivity index (χ1v) is 9.13. The zero-order valence-corrected chi connectivity index (χ0v) is 15.4. The number of nitrogens with one attached hydrogen (secondary N) is 1. The first-order chi connectivity index (χ1) is 12.5. The molecule has 0 aliphatic carbocycles. The molecule has 1 aliphatic heterocycles. The zero-order chi connectivity index (χ0) is 18.7. The molecule has 2 heterocycles. The Labute approximate surface area is 158 Å². The Morgan fingerprint density at radius 2 is 2.31 bits per heavy atom. The number of hydrogen-bond donors (Lipinski definition) is 1. The molecule has 0 spiro atoms. The van der Waals surface area contributed by atoms with Crippen LogP contribution < -0.4 is 10.2 Å². The van der Waals surface area contributed by atoms with E-state index in [1.54, 1.807) is 0 Å². The molecule has 1 atom stereocenters. The van der Waals surface area contributed by atoms with Crippen molar-refractivity contribution in [1.82, 2.24) is 10.2 Å². The Balaban J connectivity index is 1.63. The third kappa shape index (κ3) is 4.17. The van der Waals surface area contributed by atoms with Crippen LogP contribution in [0.3, 0.4) is 0 Å². The first kappa shape index (κ1) is 18.7. The van der Waals surface area contributed by atoms with Gasteiger partial charge in [0, 0.05) is 25.3 Å². The van der Waals surface area contributed by atoms with Gasteiger partial charge in [-0.25, -0.2) is 4.39 Å². The van der Waals surface area contributed by atoms with E-state index in [0.717, 1.165) is 0 Å².